The molecule has 114 valence electrons. The van der Waals surface area contributed by atoms with Crippen molar-refractivity contribution in [2.24, 2.45) is 0 Å². The number of hydrogen-bond donors (Lipinski definition) is 1. The van der Waals surface area contributed by atoms with E-state index in [2.05, 4.69) is 4.98 Å². The van der Waals surface area contributed by atoms with Gasteiger partial charge in [-0.25, -0.2) is 4.79 Å². The molecule has 1 aliphatic rings. The number of aliphatic carboxylic acids is 1. The van der Waals surface area contributed by atoms with Gasteiger partial charge in [-0.3, -0.25) is 9.78 Å². The first-order valence-electron chi connectivity index (χ1n) is 7.28. The molecule has 1 saturated carbocycles. The third kappa shape index (κ3) is 4.44. The Labute approximate surface area is 124 Å². The molecule has 1 N–H and O–H groups in total. The monoisotopic (exact) mass is 291 g/mol. The molecule has 0 aliphatic heterocycles. The van der Waals surface area contributed by atoms with Crippen molar-refractivity contribution in [3.63, 3.8) is 0 Å². The van der Waals surface area contributed by atoms with Gasteiger partial charge in [0.25, 0.3) is 0 Å². The standard InChI is InChI=1S/C15H21N3O3/c1-2-17(11-12-5-8-16-9-6-12)15(21)18(13-3-4-13)10-7-14(19)20/h5-6,8-9,13H,2-4,7,10-11H2,1H3,(H,19,20). The zero-order valence-corrected chi connectivity index (χ0v) is 12.2. The highest BCUT2D eigenvalue weighted by Gasteiger charge is 2.34. The Balaban J connectivity index is 2.00. The van der Waals surface area contributed by atoms with Crippen molar-refractivity contribution in [2.75, 3.05) is 13.1 Å². The molecule has 0 unspecified atom stereocenters. The molecule has 21 heavy (non-hydrogen) atoms. The van der Waals surface area contributed by atoms with E-state index in [1.165, 1.54) is 0 Å². The summed E-state index contributed by atoms with van der Waals surface area (Å²) in [5.41, 5.74) is 1.02. The van der Waals surface area contributed by atoms with Crippen LogP contribution >= 0.6 is 0 Å². The number of carboxylic acids is 1. The maximum Gasteiger partial charge on any atom is 0.320 e. The molecule has 2 amide bonds. The van der Waals surface area contributed by atoms with E-state index in [9.17, 15) is 9.59 Å². The molecule has 1 aromatic rings. The minimum absolute atomic E-state index is 0.00491. The highest BCUT2D eigenvalue weighted by Crippen LogP contribution is 2.28. The largest absolute Gasteiger partial charge is 0.481 e. The smallest absolute Gasteiger partial charge is 0.320 e. The summed E-state index contributed by atoms with van der Waals surface area (Å²) in [6, 6.07) is 3.91. The van der Waals surface area contributed by atoms with Crippen LogP contribution in [0.15, 0.2) is 24.5 Å². The Bertz CT molecular complexity index is 488. The maximum absolute atomic E-state index is 12.6. The highest BCUT2D eigenvalue weighted by atomic mass is 16.4. The van der Waals surface area contributed by atoms with Gasteiger partial charge in [-0.05, 0) is 37.5 Å². The summed E-state index contributed by atoms with van der Waals surface area (Å²) in [5, 5.41) is 8.82. The normalized spacial score (nSPS) is 13.8. The van der Waals surface area contributed by atoms with E-state index in [1.807, 2.05) is 19.1 Å². The molecular formula is C15H21N3O3. The number of urea groups is 1. The number of pyridine rings is 1. The first-order chi connectivity index (χ1) is 10.1. The second-order valence-electron chi connectivity index (χ2n) is 5.22. The molecule has 0 aromatic carbocycles. The molecule has 1 aliphatic carbocycles. The molecule has 1 aromatic heterocycles. The van der Waals surface area contributed by atoms with Crippen LogP contribution < -0.4 is 0 Å². The van der Waals surface area contributed by atoms with Gasteiger partial charge in [0.2, 0.25) is 0 Å². The molecule has 0 saturated heterocycles. The number of aromatic nitrogens is 1. The summed E-state index contributed by atoms with van der Waals surface area (Å²) in [7, 11) is 0. The number of carbonyl (C=O) groups is 2. The third-order valence-electron chi connectivity index (χ3n) is 3.57. The summed E-state index contributed by atoms with van der Waals surface area (Å²) in [6.07, 6.45) is 5.35. The Morgan fingerprint density at radius 2 is 2.00 bits per heavy atom. The number of carbonyl (C=O) groups excluding carboxylic acids is 1. The van der Waals surface area contributed by atoms with Crippen molar-refractivity contribution in [1.82, 2.24) is 14.8 Å². The fraction of sp³-hybridized carbons (Fsp3) is 0.533. The minimum atomic E-state index is -0.870. The second kappa shape index (κ2) is 7.06. The average molecular weight is 291 g/mol. The van der Waals surface area contributed by atoms with Gasteiger partial charge < -0.3 is 14.9 Å². The van der Waals surface area contributed by atoms with Gasteiger partial charge in [0.1, 0.15) is 0 Å². The molecule has 0 bridgehead atoms. The Hall–Kier alpha value is -2.11. The van der Waals surface area contributed by atoms with Crippen molar-refractivity contribution in [3.8, 4) is 0 Å². The molecule has 1 fully saturated rings. The third-order valence-corrected chi connectivity index (χ3v) is 3.57. The van der Waals surface area contributed by atoms with Gasteiger partial charge in [-0.2, -0.15) is 0 Å². The molecule has 0 spiro atoms. The fourth-order valence-corrected chi connectivity index (χ4v) is 2.24. The van der Waals surface area contributed by atoms with Crippen molar-refractivity contribution in [1.29, 1.82) is 0 Å². The molecule has 0 radical (unpaired) electrons. The molecular weight excluding hydrogens is 270 g/mol. The molecule has 2 rings (SSSR count). The second-order valence-corrected chi connectivity index (χ2v) is 5.22. The van der Waals surface area contributed by atoms with Crippen LogP contribution in [0.4, 0.5) is 4.79 Å². The SMILES string of the molecule is CCN(Cc1ccncc1)C(=O)N(CCC(=O)O)C1CC1. The number of amides is 2. The van der Waals surface area contributed by atoms with Crippen LogP contribution in [0.2, 0.25) is 0 Å². The van der Waals surface area contributed by atoms with E-state index < -0.39 is 5.97 Å². The van der Waals surface area contributed by atoms with E-state index in [1.54, 1.807) is 22.2 Å². The van der Waals surface area contributed by atoms with Crippen molar-refractivity contribution in [3.05, 3.63) is 30.1 Å². The van der Waals surface area contributed by atoms with E-state index in [4.69, 9.17) is 5.11 Å². The van der Waals surface area contributed by atoms with E-state index >= 15 is 0 Å². The van der Waals surface area contributed by atoms with Gasteiger partial charge in [0.05, 0.1) is 6.42 Å². The molecule has 6 nitrogen and oxygen atoms in total. The van der Waals surface area contributed by atoms with Crippen molar-refractivity contribution in [2.45, 2.75) is 38.8 Å². The summed E-state index contributed by atoms with van der Waals surface area (Å²) in [4.78, 5) is 30.8. The summed E-state index contributed by atoms with van der Waals surface area (Å²) < 4.78 is 0. The topological polar surface area (TPSA) is 73.7 Å². The van der Waals surface area contributed by atoms with Crippen LogP contribution in [-0.4, -0.2) is 51.0 Å². The number of hydrogen-bond acceptors (Lipinski definition) is 3. The zero-order valence-electron chi connectivity index (χ0n) is 12.2. The number of rotatable bonds is 7. The van der Waals surface area contributed by atoms with Crippen LogP contribution in [0.3, 0.4) is 0 Å². The van der Waals surface area contributed by atoms with Crippen molar-refractivity contribution >= 4 is 12.0 Å². The summed E-state index contributed by atoms with van der Waals surface area (Å²) in [5.74, 6) is -0.870. The molecule has 0 atom stereocenters. The maximum atomic E-state index is 12.6. The van der Waals surface area contributed by atoms with Crippen LogP contribution in [0.5, 0.6) is 0 Å². The van der Waals surface area contributed by atoms with Crippen LogP contribution in [0, 0.1) is 0 Å². The lowest BCUT2D eigenvalue weighted by molar-refractivity contribution is -0.137. The quantitative estimate of drug-likeness (QED) is 0.833. The van der Waals surface area contributed by atoms with E-state index in [-0.39, 0.29) is 25.0 Å². The van der Waals surface area contributed by atoms with E-state index in [0.29, 0.717) is 13.1 Å². The fourth-order valence-electron chi connectivity index (χ4n) is 2.24. The number of nitrogens with zero attached hydrogens (tertiary/aromatic N) is 3. The first-order valence-corrected chi connectivity index (χ1v) is 7.28. The Morgan fingerprint density at radius 1 is 1.33 bits per heavy atom. The van der Waals surface area contributed by atoms with Crippen molar-refractivity contribution < 1.29 is 14.7 Å². The highest BCUT2D eigenvalue weighted by molar-refractivity contribution is 5.76. The predicted molar refractivity (Wildman–Crippen MR) is 77.7 cm³/mol. The minimum Gasteiger partial charge on any atom is -0.481 e. The predicted octanol–water partition coefficient (Wildman–Crippen LogP) is 1.96. The first kappa shape index (κ1) is 15.3. The van der Waals surface area contributed by atoms with E-state index in [0.717, 1.165) is 18.4 Å². The van der Waals surface area contributed by atoms with Gasteiger partial charge in [-0.1, -0.05) is 0 Å². The lowest BCUT2D eigenvalue weighted by atomic mass is 10.2. The van der Waals surface area contributed by atoms with Crippen LogP contribution in [0.1, 0.15) is 31.7 Å². The van der Waals surface area contributed by atoms with Gasteiger partial charge in [0, 0.05) is 38.1 Å². The Morgan fingerprint density at radius 3 is 2.52 bits per heavy atom. The Kier molecular flexibility index (Phi) is 5.14. The number of carboxylic acid groups (broad SMARTS) is 1. The zero-order chi connectivity index (χ0) is 15.2. The molecule has 6 heteroatoms. The van der Waals surface area contributed by atoms with Crippen LogP contribution in [0.25, 0.3) is 0 Å². The van der Waals surface area contributed by atoms with Gasteiger partial charge in [-0.15, -0.1) is 0 Å². The van der Waals surface area contributed by atoms with Gasteiger partial charge >= 0.3 is 12.0 Å². The lowest BCUT2D eigenvalue weighted by Gasteiger charge is -2.30. The molecule has 1 heterocycles. The van der Waals surface area contributed by atoms with Gasteiger partial charge in [0.15, 0.2) is 0 Å². The van der Waals surface area contributed by atoms with Crippen LogP contribution in [-0.2, 0) is 11.3 Å². The summed E-state index contributed by atoms with van der Waals surface area (Å²) >= 11 is 0. The average Bonchev–Trinajstić information content (AvgIpc) is 3.30. The summed E-state index contributed by atoms with van der Waals surface area (Å²) in [6.45, 7) is 3.33. The lowest BCUT2D eigenvalue weighted by Crippen LogP contribution is -2.44.